The minimum Gasteiger partial charge on any atom is -0.310 e. The maximum atomic E-state index is 4.82. The fourth-order valence-electron chi connectivity index (χ4n) is 6.25. The Kier molecular flexibility index (Phi) is 7.36. The Hall–Kier alpha value is -5.68. The van der Waals surface area contributed by atoms with Gasteiger partial charge in [-0.1, -0.05) is 78.9 Å². The average molecular weight is 586 g/mol. The Balaban J connectivity index is 1.27. The molecule has 0 radical (unpaired) electrons. The van der Waals surface area contributed by atoms with Gasteiger partial charge in [-0.3, -0.25) is 0 Å². The second kappa shape index (κ2) is 11.8. The zero-order valence-corrected chi connectivity index (χ0v) is 26.0. The summed E-state index contributed by atoms with van der Waals surface area (Å²) in [6.07, 6.45) is 8.06. The number of aromatic nitrogens is 4. The van der Waals surface area contributed by atoms with Gasteiger partial charge in [-0.15, -0.1) is 0 Å². The fourth-order valence-corrected chi connectivity index (χ4v) is 6.25. The molecule has 5 nitrogen and oxygen atoms in total. The van der Waals surface area contributed by atoms with Crippen molar-refractivity contribution in [1.82, 2.24) is 19.1 Å². The fraction of sp³-hybridized carbons (Fsp3) is 0.100. The van der Waals surface area contributed by atoms with Gasteiger partial charge in [0.25, 0.3) is 0 Å². The average Bonchev–Trinajstić information content (AvgIpc) is 3.73. The van der Waals surface area contributed by atoms with Crippen LogP contribution in [0.25, 0.3) is 33.9 Å². The minimum atomic E-state index is 0.929. The van der Waals surface area contributed by atoms with Crippen LogP contribution < -0.4 is 4.90 Å². The standard InChI is InChI=1S/C40H35N5/c1-28-12-8-13-29(2)39(28)43-24-37(41-26-43)32-16-10-20-35(22-32)45(34-18-6-5-7-19-34)36-21-11-17-33(23-36)38-25-44(27-42-38)40-30(3)14-9-15-31(40)4/h5-27H,1-4H3. The molecule has 0 N–H and O–H groups in total. The van der Waals surface area contributed by atoms with Gasteiger partial charge in [-0.25, -0.2) is 9.97 Å². The van der Waals surface area contributed by atoms with E-state index >= 15 is 0 Å². The third-order valence-corrected chi connectivity index (χ3v) is 8.38. The normalized spacial score (nSPS) is 11.1. The predicted molar refractivity (Wildman–Crippen MR) is 185 cm³/mol. The summed E-state index contributed by atoms with van der Waals surface area (Å²) < 4.78 is 4.26. The second-order valence-corrected chi connectivity index (χ2v) is 11.6. The molecular weight excluding hydrogens is 550 g/mol. The molecule has 2 heterocycles. The van der Waals surface area contributed by atoms with E-state index in [0.717, 1.165) is 39.6 Å². The smallest absolute Gasteiger partial charge is 0.0999 e. The molecule has 5 heteroatoms. The van der Waals surface area contributed by atoms with E-state index in [1.807, 2.05) is 12.7 Å². The van der Waals surface area contributed by atoms with E-state index in [-0.39, 0.29) is 0 Å². The molecule has 0 saturated carbocycles. The van der Waals surface area contributed by atoms with E-state index in [9.17, 15) is 0 Å². The van der Waals surface area contributed by atoms with Gasteiger partial charge >= 0.3 is 0 Å². The highest BCUT2D eigenvalue weighted by molar-refractivity contribution is 5.81. The van der Waals surface area contributed by atoms with E-state index in [2.05, 4.69) is 169 Å². The van der Waals surface area contributed by atoms with Crippen LogP contribution in [0, 0.1) is 27.7 Å². The topological polar surface area (TPSA) is 38.9 Å². The monoisotopic (exact) mass is 585 g/mol. The lowest BCUT2D eigenvalue weighted by molar-refractivity contribution is 1.02. The summed E-state index contributed by atoms with van der Waals surface area (Å²) in [5, 5.41) is 0. The Morgan fingerprint density at radius 3 is 1.29 bits per heavy atom. The van der Waals surface area contributed by atoms with E-state index in [1.54, 1.807) is 0 Å². The maximum Gasteiger partial charge on any atom is 0.0999 e. The van der Waals surface area contributed by atoms with Crippen LogP contribution in [0.2, 0.25) is 0 Å². The molecule has 0 aliphatic carbocycles. The summed E-state index contributed by atoms with van der Waals surface area (Å²) in [7, 11) is 0. The van der Waals surface area contributed by atoms with E-state index in [4.69, 9.17) is 9.97 Å². The molecule has 0 saturated heterocycles. The van der Waals surface area contributed by atoms with Crippen molar-refractivity contribution in [3.8, 4) is 33.9 Å². The molecule has 0 unspecified atom stereocenters. The van der Waals surface area contributed by atoms with Crippen molar-refractivity contribution in [3.05, 3.63) is 163 Å². The summed E-state index contributed by atoms with van der Waals surface area (Å²) in [6.45, 7) is 8.57. The SMILES string of the molecule is Cc1cccc(C)c1-n1cnc(-c2cccc(N(c3ccccc3)c3cccc(-c4cn(-c5c(C)cccc5C)cn4)c3)c2)c1. The number of benzene rings is 5. The number of hydrogen-bond acceptors (Lipinski definition) is 3. The summed E-state index contributed by atoms with van der Waals surface area (Å²) in [5.74, 6) is 0. The highest BCUT2D eigenvalue weighted by Crippen LogP contribution is 2.38. The Labute approximate surface area is 264 Å². The van der Waals surface area contributed by atoms with Crippen LogP contribution in [0.15, 0.2) is 140 Å². The molecule has 7 rings (SSSR count). The first-order valence-electron chi connectivity index (χ1n) is 15.2. The number of hydrogen-bond donors (Lipinski definition) is 0. The molecule has 0 aliphatic heterocycles. The number of anilines is 3. The van der Waals surface area contributed by atoms with Crippen LogP contribution in [0.5, 0.6) is 0 Å². The van der Waals surface area contributed by atoms with Gasteiger partial charge in [0.15, 0.2) is 0 Å². The number of rotatable bonds is 7. The third-order valence-electron chi connectivity index (χ3n) is 8.38. The van der Waals surface area contributed by atoms with Gasteiger partial charge in [-0.05, 0) is 86.3 Å². The van der Waals surface area contributed by atoms with E-state index < -0.39 is 0 Å². The molecule has 0 bridgehead atoms. The van der Waals surface area contributed by atoms with Crippen LogP contribution in [-0.4, -0.2) is 19.1 Å². The maximum absolute atomic E-state index is 4.82. The van der Waals surface area contributed by atoms with Crippen molar-refractivity contribution >= 4 is 17.1 Å². The van der Waals surface area contributed by atoms with Gasteiger partial charge in [0.2, 0.25) is 0 Å². The zero-order chi connectivity index (χ0) is 30.9. The summed E-state index contributed by atoms with van der Waals surface area (Å²) >= 11 is 0. The number of nitrogens with zero attached hydrogens (tertiary/aromatic N) is 5. The second-order valence-electron chi connectivity index (χ2n) is 11.6. The number of imidazole rings is 2. The molecule has 5 aromatic carbocycles. The molecule has 0 atom stereocenters. The Morgan fingerprint density at radius 1 is 0.444 bits per heavy atom. The minimum absolute atomic E-state index is 0.929. The summed E-state index contributed by atoms with van der Waals surface area (Å²) in [5.41, 5.74) is 14.4. The quantitative estimate of drug-likeness (QED) is 0.187. The zero-order valence-electron chi connectivity index (χ0n) is 26.0. The Bertz CT molecular complexity index is 1950. The molecule has 0 aliphatic rings. The first-order valence-corrected chi connectivity index (χ1v) is 15.2. The predicted octanol–water partition coefficient (Wildman–Crippen LogP) is 10.1. The van der Waals surface area contributed by atoms with Crippen molar-refractivity contribution in [2.45, 2.75) is 27.7 Å². The third kappa shape index (κ3) is 5.45. The summed E-state index contributed by atoms with van der Waals surface area (Å²) in [6, 6.07) is 40.5. The highest BCUT2D eigenvalue weighted by Gasteiger charge is 2.16. The molecule has 7 aromatic rings. The van der Waals surface area contributed by atoms with Crippen molar-refractivity contribution < 1.29 is 0 Å². The van der Waals surface area contributed by atoms with Crippen molar-refractivity contribution in [2.75, 3.05) is 4.90 Å². The first kappa shape index (κ1) is 28.1. The lowest BCUT2D eigenvalue weighted by atomic mass is 10.1. The van der Waals surface area contributed by atoms with Crippen LogP contribution in [0.3, 0.4) is 0 Å². The molecule has 45 heavy (non-hydrogen) atoms. The van der Waals surface area contributed by atoms with Crippen molar-refractivity contribution in [1.29, 1.82) is 0 Å². The van der Waals surface area contributed by atoms with Crippen LogP contribution in [0.1, 0.15) is 22.3 Å². The van der Waals surface area contributed by atoms with Gasteiger partial charge < -0.3 is 14.0 Å². The molecule has 0 spiro atoms. The molecule has 0 amide bonds. The Morgan fingerprint density at radius 2 is 0.844 bits per heavy atom. The number of aryl methyl sites for hydroxylation is 4. The number of para-hydroxylation sites is 3. The van der Waals surface area contributed by atoms with Gasteiger partial charge in [-0.2, -0.15) is 0 Å². The largest absolute Gasteiger partial charge is 0.310 e. The lowest BCUT2D eigenvalue weighted by Crippen LogP contribution is -2.10. The lowest BCUT2D eigenvalue weighted by Gasteiger charge is -2.26. The van der Waals surface area contributed by atoms with Crippen molar-refractivity contribution in [3.63, 3.8) is 0 Å². The van der Waals surface area contributed by atoms with E-state index in [0.29, 0.717) is 0 Å². The van der Waals surface area contributed by atoms with Gasteiger partial charge in [0, 0.05) is 40.6 Å². The highest BCUT2D eigenvalue weighted by atomic mass is 15.1. The summed E-state index contributed by atoms with van der Waals surface area (Å²) in [4.78, 5) is 11.9. The van der Waals surface area contributed by atoms with Gasteiger partial charge in [0.05, 0.1) is 35.4 Å². The van der Waals surface area contributed by atoms with Crippen LogP contribution >= 0.6 is 0 Å². The van der Waals surface area contributed by atoms with Crippen LogP contribution in [-0.2, 0) is 0 Å². The van der Waals surface area contributed by atoms with Crippen molar-refractivity contribution in [2.24, 2.45) is 0 Å². The van der Waals surface area contributed by atoms with Gasteiger partial charge in [0.1, 0.15) is 0 Å². The molecular formula is C40H35N5. The molecule has 220 valence electrons. The van der Waals surface area contributed by atoms with Crippen LogP contribution in [0.4, 0.5) is 17.1 Å². The van der Waals surface area contributed by atoms with E-state index in [1.165, 1.54) is 33.6 Å². The molecule has 0 fully saturated rings. The molecule has 2 aromatic heterocycles. The first-order chi connectivity index (χ1) is 22.0.